The van der Waals surface area contributed by atoms with Crippen LogP contribution in [0.15, 0.2) is 53.7 Å². The standard InChI is InChI=1S/C21H20N6O2S2/c1-13-6-5-7-14(10-13)19(29)22-11-17-25-26-21(27(17)2)30-12-18(28)24-20-23-15-8-3-4-9-16(15)31-20/h3-10H,11-12H2,1-2H3,(H,22,29)(H,23,24,28). The maximum absolute atomic E-state index is 12.3. The Bertz CT molecular complexity index is 1220. The van der Waals surface area contributed by atoms with E-state index in [1.807, 2.05) is 56.4 Å². The average Bonchev–Trinajstić information content (AvgIpc) is 3.33. The van der Waals surface area contributed by atoms with Crippen molar-refractivity contribution in [3.05, 3.63) is 65.5 Å². The second-order valence-electron chi connectivity index (χ2n) is 6.83. The molecule has 2 amide bonds. The quantitative estimate of drug-likeness (QED) is 0.417. The number of benzene rings is 2. The van der Waals surface area contributed by atoms with E-state index in [4.69, 9.17) is 0 Å². The van der Waals surface area contributed by atoms with E-state index in [9.17, 15) is 9.59 Å². The minimum atomic E-state index is -0.170. The van der Waals surface area contributed by atoms with Crippen molar-refractivity contribution in [2.24, 2.45) is 7.05 Å². The number of rotatable bonds is 7. The molecule has 8 nitrogen and oxygen atoms in total. The maximum Gasteiger partial charge on any atom is 0.251 e. The van der Waals surface area contributed by atoms with Crippen molar-refractivity contribution in [2.45, 2.75) is 18.6 Å². The van der Waals surface area contributed by atoms with Gasteiger partial charge in [-0.15, -0.1) is 10.2 Å². The van der Waals surface area contributed by atoms with Crippen LogP contribution < -0.4 is 10.6 Å². The monoisotopic (exact) mass is 452 g/mol. The molecule has 0 bridgehead atoms. The number of anilines is 1. The molecule has 2 aromatic carbocycles. The van der Waals surface area contributed by atoms with Crippen LogP contribution in [0.3, 0.4) is 0 Å². The molecule has 2 aromatic heterocycles. The molecule has 0 aliphatic carbocycles. The van der Waals surface area contributed by atoms with Crippen LogP contribution >= 0.6 is 23.1 Å². The first-order valence-electron chi connectivity index (χ1n) is 9.51. The third-order valence-electron chi connectivity index (χ3n) is 4.49. The predicted molar refractivity (Wildman–Crippen MR) is 122 cm³/mol. The number of thiazole rings is 1. The molecular weight excluding hydrogens is 432 g/mol. The Morgan fingerprint density at radius 3 is 2.77 bits per heavy atom. The fourth-order valence-corrected chi connectivity index (χ4v) is 4.50. The molecule has 0 aliphatic heterocycles. The summed E-state index contributed by atoms with van der Waals surface area (Å²) in [7, 11) is 1.81. The van der Waals surface area contributed by atoms with Crippen LogP contribution in [0, 0.1) is 6.92 Å². The summed E-state index contributed by atoms with van der Waals surface area (Å²) in [5.74, 6) is 0.449. The Kier molecular flexibility index (Phi) is 6.28. The second kappa shape index (κ2) is 9.27. The Labute approximate surface area is 187 Å². The van der Waals surface area contributed by atoms with Crippen molar-refractivity contribution in [2.75, 3.05) is 11.1 Å². The summed E-state index contributed by atoms with van der Waals surface area (Å²) in [6, 6.07) is 15.1. The van der Waals surface area contributed by atoms with Gasteiger partial charge in [0.2, 0.25) is 5.91 Å². The first-order chi connectivity index (χ1) is 15.0. The van der Waals surface area contributed by atoms with Gasteiger partial charge in [0.15, 0.2) is 16.1 Å². The number of carbonyl (C=O) groups is 2. The Balaban J connectivity index is 1.30. The molecule has 4 aromatic rings. The van der Waals surface area contributed by atoms with Gasteiger partial charge in [-0.1, -0.05) is 52.9 Å². The number of thioether (sulfide) groups is 1. The van der Waals surface area contributed by atoms with Crippen LogP contribution in [0.4, 0.5) is 5.13 Å². The molecule has 0 radical (unpaired) electrons. The Hall–Kier alpha value is -3.24. The zero-order valence-corrected chi connectivity index (χ0v) is 18.6. The molecule has 0 saturated heterocycles. The minimum absolute atomic E-state index is 0.165. The topological polar surface area (TPSA) is 102 Å². The number of aryl methyl sites for hydroxylation is 1. The van der Waals surface area contributed by atoms with Crippen molar-refractivity contribution in [3.63, 3.8) is 0 Å². The highest BCUT2D eigenvalue weighted by molar-refractivity contribution is 7.99. The number of carbonyl (C=O) groups excluding carboxylic acids is 2. The van der Waals surface area contributed by atoms with E-state index >= 15 is 0 Å². The number of nitrogens with one attached hydrogen (secondary N) is 2. The second-order valence-corrected chi connectivity index (χ2v) is 8.81. The summed E-state index contributed by atoms with van der Waals surface area (Å²) < 4.78 is 2.79. The van der Waals surface area contributed by atoms with E-state index < -0.39 is 0 Å². The maximum atomic E-state index is 12.3. The third kappa shape index (κ3) is 5.09. The first kappa shape index (κ1) is 21.0. The lowest BCUT2D eigenvalue weighted by Gasteiger charge is -2.06. The summed E-state index contributed by atoms with van der Waals surface area (Å²) in [6.45, 7) is 2.19. The molecular formula is C21H20N6O2S2. The zero-order valence-electron chi connectivity index (χ0n) is 17.0. The van der Waals surface area contributed by atoms with Gasteiger partial charge in [-0.2, -0.15) is 0 Å². The van der Waals surface area contributed by atoms with E-state index in [1.54, 1.807) is 10.6 Å². The van der Waals surface area contributed by atoms with Crippen molar-refractivity contribution in [1.29, 1.82) is 0 Å². The van der Waals surface area contributed by atoms with Gasteiger partial charge in [-0.05, 0) is 31.2 Å². The predicted octanol–water partition coefficient (Wildman–Crippen LogP) is 3.39. The van der Waals surface area contributed by atoms with Gasteiger partial charge in [0, 0.05) is 12.6 Å². The Morgan fingerprint density at radius 1 is 1.13 bits per heavy atom. The van der Waals surface area contributed by atoms with E-state index in [-0.39, 0.29) is 24.1 Å². The zero-order chi connectivity index (χ0) is 21.8. The molecule has 0 saturated carbocycles. The molecule has 158 valence electrons. The summed E-state index contributed by atoms with van der Waals surface area (Å²) in [4.78, 5) is 29.0. The van der Waals surface area contributed by atoms with Gasteiger partial charge in [0.05, 0.1) is 22.5 Å². The van der Waals surface area contributed by atoms with Crippen molar-refractivity contribution in [3.8, 4) is 0 Å². The molecule has 0 unspecified atom stereocenters. The van der Waals surface area contributed by atoms with E-state index in [0.29, 0.717) is 21.7 Å². The molecule has 2 heterocycles. The third-order valence-corrected chi connectivity index (χ3v) is 6.46. The van der Waals surface area contributed by atoms with Crippen molar-refractivity contribution >= 4 is 50.3 Å². The highest BCUT2D eigenvalue weighted by atomic mass is 32.2. The van der Waals surface area contributed by atoms with E-state index in [1.165, 1.54) is 23.1 Å². The average molecular weight is 453 g/mol. The molecule has 2 N–H and O–H groups in total. The van der Waals surface area contributed by atoms with Gasteiger partial charge < -0.3 is 15.2 Å². The fraction of sp³-hybridized carbons (Fsp3) is 0.190. The molecule has 31 heavy (non-hydrogen) atoms. The lowest BCUT2D eigenvalue weighted by atomic mass is 10.1. The van der Waals surface area contributed by atoms with Crippen LogP contribution in [0.5, 0.6) is 0 Å². The molecule has 0 spiro atoms. The lowest BCUT2D eigenvalue weighted by Crippen LogP contribution is -2.24. The van der Waals surface area contributed by atoms with Crippen LogP contribution in [0.1, 0.15) is 21.7 Å². The number of aromatic nitrogens is 4. The van der Waals surface area contributed by atoms with E-state index in [2.05, 4.69) is 25.8 Å². The lowest BCUT2D eigenvalue weighted by molar-refractivity contribution is -0.113. The van der Waals surface area contributed by atoms with Crippen molar-refractivity contribution in [1.82, 2.24) is 25.1 Å². The molecule has 0 atom stereocenters. The van der Waals surface area contributed by atoms with Gasteiger partial charge in [-0.25, -0.2) is 4.98 Å². The first-order valence-corrected chi connectivity index (χ1v) is 11.3. The fourth-order valence-electron chi connectivity index (χ4n) is 2.88. The van der Waals surface area contributed by atoms with Gasteiger partial charge in [0.1, 0.15) is 0 Å². The highest BCUT2D eigenvalue weighted by Gasteiger charge is 2.14. The number of amides is 2. The molecule has 4 rings (SSSR count). The number of para-hydroxylation sites is 1. The molecule has 0 aliphatic rings. The van der Waals surface area contributed by atoms with Gasteiger partial charge in [-0.3, -0.25) is 9.59 Å². The van der Waals surface area contributed by atoms with Crippen LogP contribution in [-0.2, 0) is 18.4 Å². The normalized spacial score (nSPS) is 10.9. The Morgan fingerprint density at radius 2 is 1.97 bits per heavy atom. The molecule has 0 fully saturated rings. The SMILES string of the molecule is Cc1cccc(C(=O)NCc2nnc(SCC(=O)Nc3nc4ccccc4s3)n2C)c1. The summed E-state index contributed by atoms with van der Waals surface area (Å²) in [6.07, 6.45) is 0. The van der Waals surface area contributed by atoms with Gasteiger partial charge in [0.25, 0.3) is 5.91 Å². The van der Waals surface area contributed by atoms with Gasteiger partial charge >= 0.3 is 0 Å². The number of hydrogen-bond acceptors (Lipinski definition) is 7. The summed E-state index contributed by atoms with van der Waals surface area (Å²) >= 11 is 2.71. The number of nitrogens with zero attached hydrogens (tertiary/aromatic N) is 4. The van der Waals surface area contributed by atoms with Crippen LogP contribution in [0.2, 0.25) is 0 Å². The van der Waals surface area contributed by atoms with E-state index in [0.717, 1.165) is 15.8 Å². The summed E-state index contributed by atoms with van der Waals surface area (Å²) in [5.41, 5.74) is 2.48. The number of fused-ring (bicyclic) bond motifs is 1. The minimum Gasteiger partial charge on any atom is -0.345 e. The molecule has 10 heteroatoms. The smallest absolute Gasteiger partial charge is 0.251 e. The van der Waals surface area contributed by atoms with Crippen LogP contribution in [-0.4, -0.2) is 37.3 Å². The van der Waals surface area contributed by atoms with Crippen LogP contribution in [0.25, 0.3) is 10.2 Å². The largest absolute Gasteiger partial charge is 0.345 e. The summed E-state index contributed by atoms with van der Waals surface area (Å²) in [5, 5.41) is 15.1. The van der Waals surface area contributed by atoms with Crippen molar-refractivity contribution < 1.29 is 9.59 Å². The highest BCUT2D eigenvalue weighted by Crippen LogP contribution is 2.25. The number of hydrogen-bond donors (Lipinski definition) is 2.